The van der Waals surface area contributed by atoms with Crippen LogP contribution in [-0.2, 0) is 27.7 Å². The summed E-state index contributed by atoms with van der Waals surface area (Å²) in [6.45, 7) is 6.23. The number of anilines is 1. The molecule has 0 saturated heterocycles. The number of hydrogen-bond acceptors (Lipinski definition) is 6. The number of rotatable bonds is 3. The van der Waals surface area contributed by atoms with Gasteiger partial charge in [-0.3, -0.25) is 5.32 Å². The first kappa shape index (κ1) is 18.8. The predicted molar refractivity (Wildman–Crippen MR) is 100 cm³/mol. The highest BCUT2D eigenvalue weighted by molar-refractivity contribution is 7.89. The minimum absolute atomic E-state index is 0.255. The van der Waals surface area contributed by atoms with Gasteiger partial charge in [0.05, 0.1) is 24.2 Å². The smallest absolute Gasteiger partial charge is 0.413 e. The zero-order valence-corrected chi connectivity index (χ0v) is 16.8. The zero-order chi connectivity index (χ0) is 19.1. The Morgan fingerprint density at radius 2 is 1.92 bits per heavy atom. The first-order chi connectivity index (χ1) is 12.2. The van der Waals surface area contributed by atoms with E-state index in [1.807, 2.05) is 32.9 Å². The van der Waals surface area contributed by atoms with Gasteiger partial charge in [0.2, 0.25) is 10.0 Å². The van der Waals surface area contributed by atoms with E-state index in [0.29, 0.717) is 23.0 Å². The van der Waals surface area contributed by atoms with E-state index >= 15 is 0 Å². The van der Waals surface area contributed by atoms with Crippen molar-refractivity contribution in [3.8, 4) is 0 Å². The maximum Gasteiger partial charge on any atom is 0.413 e. The number of amides is 1. The molecule has 0 unspecified atom stereocenters. The van der Waals surface area contributed by atoms with E-state index in [0.717, 1.165) is 27.3 Å². The third kappa shape index (κ3) is 3.46. The number of aryl methyl sites for hydroxylation is 3. The molecule has 1 aliphatic heterocycles. The maximum atomic E-state index is 13.2. The number of fused-ring (bicyclic) bond motifs is 1. The number of nitrogens with one attached hydrogen (secondary N) is 1. The van der Waals surface area contributed by atoms with E-state index in [4.69, 9.17) is 0 Å². The Hall–Kier alpha value is -1.97. The van der Waals surface area contributed by atoms with Crippen molar-refractivity contribution in [3.63, 3.8) is 0 Å². The van der Waals surface area contributed by atoms with Crippen LogP contribution in [0.5, 0.6) is 0 Å². The number of benzene rings is 1. The summed E-state index contributed by atoms with van der Waals surface area (Å²) < 4.78 is 32.5. The van der Waals surface area contributed by atoms with Gasteiger partial charge in [0, 0.05) is 17.8 Å². The van der Waals surface area contributed by atoms with E-state index in [9.17, 15) is 13.2 Å². The largest absolute Gasteiger partial charge is 0.453 e. The van der Waals surface area contributed by atoms with Crippen LogP contribution < -0.4 is 5.32 Å². The van der Waals surface area contributed by atoms with Gasteiger partial charge in [-0.2, -0.15) is 4.31 Å². The van der Waals surface area contributed by atoms with Gasteiger partial charge < -0.3 is 4.74 Å². The standard InChI is InChI=1S/C17H21N3O4S2/c1-10-7-11(2)15(12(3)8-10)26(22,23)20-6-5-13-14(9-20)25-16(18-13)19-17(21)24-4/h7-8H,5-6,9H2,1-4H3,(H,18,19,21). The normalized spacial score (nSPS) is 14.8. The average molecular weight is 396 g/mol. The Bertz CT molecular complexity index is 943. The predicted octanol–water partition coefficient (Wildman–Crippen LogP) is 2.99. The summed E-state index contributed by atoms with van der Waals surface area (Å²) in [5.41, 5.74) is 3.38. The number of thiazole rings is 1. The molecule has 1 aromatic carbocycles. The molecule has 1 amide bonds. The molecule has 0 radical (unpaired) electrons. The van der Waals surface area contributed by atoms with Gasteiger partial charge in [0.15, 0.2) is 5.13 Å². The molecular formula is C17H21N3O4S2. The summed E-state index contributed by atoms with van der Waals surface area (Å²) in [4.78, 5) is 16.9. The zero-order valence-electron chi connectivity index (χ0n) is 15.1. The van der Waals surface area contributed by atoms with Crippen LogP contribution in [0.3, 0.4) is 0 Å². The molecule has 140 valence electrons. The van der Waals surface area contributed by atoms with Crippen LogP contribution in [0.1, 0.15) is 27.3 Å². The number of methoxy groups -OCH3 is 1. The fourth-order valence-electron chi connectivity index (χ4n) is 3.27. The molecular weight excluding hydrogens is 374 g/mol. The molecule has 0 atom stereocenters. The molecule has 0 aliphatic carbocycles. The number of carbonyl (C=O) groups is 1. The Morgan fingerprint density at radius 1 is 1.27 bits per heavy atom. The Kier molecular flexibility index (Phi) is 5.05. The van der Waals surface area contributed by atoms with Crippen LogP contribution in [0.25, 0.3) is 0 Å². The maximum absolute atomic E-state index is 13.2. The molecule has 1 aromatic heterocycles. The first-order valence-corrected chi connectivity index (χ1v) is 10.4. The summed E-state index contributed by atoms with van der Waals surface area (Å²) >= 11 is 1.28. The lowest BCUT2D eigenvalue weighted by atomic mass is 10.1. The number of carbonyl (C=O) groups excluding carboxylic acids is 1. The summed E-state index contributed by atoms with van der Waals surface area (Å²) in [6.07, 6.45) is -0.0794. The Balaban J connectivity index is 1.89. The summed E-state index contributed by atoms with van der Waals surface area (Å²) in [5, 5.41) is 2.96. The number of hydrogen-bond donors (Lipinski definition) is 1. The second kappa shape index (κ2) is 6.98. The van der Waals surface area contributed by atoms with Gasteiger partial charge in [-0.15, -0.1) is 0 Å². The van der Waals surface area contributed by atoms with E-state index in [-0.39, 0.29) is 6.54 Å². The monoisotopic (exact) mass is 395 g/mol. The molecule has 0 saturated carbocycles. The molecule has 0 bridgehead atoms. The first-order valence-electron chi connectivity index (χ1n) is 8.14. The number of aromatic nitrogens is 1. The quantitative estimate of drug-likeness (QED) is 0.863. The van der Waals surface area contributed by atoms with Crippen LogP contribution in [0.15, 0.2) is 17.0 Å². The molecule has 1 aliphatic rings. The van der Waals surface area contributed by atoms with Crippen molar-refractivity contribution in [3.05, 3.63) is 39.4 Å². The minimum Gasteiger partial charge on any atom is -0.453 e. The molecule has 2 heterocycles. The molecule has 0 spiro atoms. The summed E-state index contributed by atoms with van der Waals surface area (Å²) in [7, 11) is -2.32. The van der Waals surface area contributed by atoms with Crippen molar-refractivity contribution in [1.82, 2.24) is 9.29 Å². The highest BCUT2D eigenvalue weighted by Gasteiger charge is 2.32. The molecule has 7 nitrogen and oxygen atoms in total. The topological polar surface area (TPSA) is 88.6 Å². The minimum atomic E-state index is -3.60. The second-order valence-corrected chi connectivity index (χ2v) is 9.28. The fraction of sp³-hybridized carbons (Fsp3) is 0.412. The second-order valence-electron chi connectivity index (χ2n) is 6.32. The van der Waals surface area contributed by atoms with Crippen LogP contribution >= 0.6 is 11.3 Å². The van der Waals surface area contributed by atoms with E-state index < -0.39 is 16.1 Å². The number of nitrogens with zero attached hydrogens (tertiary/aromatic N) is 2. The van der Waals surface area contributed by atoms with Crippen LogP contribution in [0.4, 0.5) is 9.93 Å². The van der Waals surface area contributed by atoms with Crippen molar-refractivity contribution < 1.29 is 17.9 Å². The third-order valence-electron chi connectivity index (χ3n) is 4.29. The van der Waals surface area contributed by atoms with Crippen molar-refractivity contribution in [1.29, 1.82) is 0 Å². The van der Waals surface area contributed by atoms with Gasteiger partial charge >= 0.3 is 6.09 Å². The van der Waals surface area contributed by atoms with Gasteiger partial charge in [-0.05, 0) is 31.9 Å². The van der Waals surface area contributed by atoms with Crippen LogP contribution in [-0.4, -0.2) is 37.5 Å². The summed E-state index contributed by atoms with van der Waals surface area (Å²) in [5.74, 6) is 0. The van der Waals surface area contributed by atoms with Gasteiger partial charge in [-0.1, -0.05) is 29.0 Å². The molecule has 1 N–H and O–H groups in total. The van der Waals surface area contributed by atoms with Crippen molar-refractivity contribution in [2.75, 3.05) is 19.0 Å². The molecule has 0 fully saturated rings. The lowest BCUT2D eigenvalue weighted by molar-refractivity contribution is 0.187. The molecule has 26 heavy (non-hydrogen) atoms. The Labute approximate surface area is 157 Å². The van der Waals surface area contributed by atoms with Gasteiger partial charge in [0.25, 0.3) is 0 Å². The lowest BCUT2D eigenvalue weighted by Crippen LogP contribution is -2.36. The lowest BCUT2D eigenvalue weighted by Gasteiger charge is -2.27. The summed E-state index contributed by atoms with van der Waals surface area (Å²) in [6, 6.07) is 3.78. The SMILES string of the molecule is COC(=O)Nc1nc2c(s1)CN(S(=O)(=O)c1c(C)cc(C)cc1C)CC2. The molecule has 3 rings (SSSR count). The molecule has 9 heteroatoms. The highest BCUT2D eigenvalue weighted by atomic mass is 32.2. The van der Waals surface area contributed by atoms with Crippen LogP contribution in [0.2, 0.25) is 0 Å². The van der Waals surface area contributed by atoms with E-state index in [1.165, 1.54) is 22.8 Å². The van der Waals surface area contributed by atoms with Crippen molar-refractivity contribution in [2.24, 2.45) is 0 Å². The van der Waals surface area contributed by atoms with Gasteiger partial charge in [0.1, 0.15) is 0 Å². The van der Waals surface area contributed by atoms with Crippen molar-refractivity contribution in [2.45, 2.75) is 38.6 Å². The van der Waals surface area contributed by atoms with Gasteiger partial charge in [-0.25, -0.2) is 18.2 Å². The van der Waals surface area contributed by atoms with Crippen molar-refractivity contribution >= 4 is 32.6 Å². The average Bonchev–Trinajstić information content (AvgIpc) is 2.94. The van der Waals surface area contributed by atoms with E-state index in [1.54, 1.807) is 0 Å². The van der Waals surface area contributed by atoms with Crippen LogP contribution in [0, 0.1) is 20.8 Å². The fourth-order valence-corrected chi connectivity index (χ4v) is 6.18. The van der Waals surface area contributed by atoms with E-state index in [2.05, 4.69) is 15.0 Å². The highest BCUT2D eigenvalue weighted by Crippen LogP contribution is 2.33. The Morgan fingerprint density at radius 3 is 2.54 bits per heavy atom. The third-order valence-corrected chi connectivity index (χ3v) is 7.44. The number of sulfonamides is 1. The number of ether oxygens (including phenoxy) is 1. The molecule has 2 aromatic rings.